The molecule has 0 bridgehead atoms. The molecule has 0 aliphatic carbocycles. The van der Waals surface area contributed by atoms with Crippen LogP contribution >= 0.6 is 0 Å². The average molecular weight is 712 g/mol. The third-order valence-electron chi connectivity index (χ3n) is 8.23. The molecule has 6 N–H and O–H groups in total. The lowest BCUT2D eigenvalue weighted by atomic mass is 9.82. The Labute approximate surface area is 296 Å². The van der Waals surface area contributed by atoms with Gasteiger partial charge in [-0.15, -0.1) is 0 Å². The third kappa shape index (κ3) is 12.4. The molecule has 1 heterocycles. The predicted octanol–water partition coefficient (Wildman–Crippen LogP) is 3.55. The highest BCUT2D eigenvalue weighted by Gasteiger charge is 2.37. The number of nitrogens with zero attached hydrogens (tertiary/aromatic N) is 2. The van der Waals surface area contributed by atoms with Crippen molar-refractivity contribution in [2.45, 2.75) is 71.5 Å². The molecule has 1 aromatic heterocycles. The number of hydrogen-bond donors (Lipinski definition) is 5. The number of aliphatic hydroxyl groups excluding tert-OH is 1. The van der Waals surface area contributed by atoms with Gasteiger partial charge in [-0.05, 0) is 48.1 Å². The van der Waals surface area contributed by atoms with E-state index in [1.165, 1.54) is 4.90 Å². The SMILES string of the molecule is CC(C)(C)[C@H](c1cc(-c2cc(F)ccc2F)cn1Cc1ccccc1)N(CC[C@H](N)C(=O)NCCCC(=O)CNC(=O)CCC(=O)O)C(=O)CO. The number of benzene rings is 2. The first-order valence-electron chi connectivity index (χ1n) is 16.7. The standard InChI is InChI=1S/C37H47F2N5O7/c1-37(2,3)35(31-18-25(28-19-26(38)11-12-29(28)39)22-43(31)21-24-8-5-4-6-9-24)44(33(48)23-45)17-15-30(40)36(51)41-16-7-10-27(46)20-42-32(47)13-14-34(49)50/h4-6,8-9,11-12,18-19,22,30,35,45H,7,10,13-17,20-21,23,40H2,1-3H3,(H,41,51)(H,42,47)(H,49,50)/t30-,35-/m0/s1. The van der Waals surface area contributed by atoms with Crippen LogP contribution in [0.1, 0.15) is 70.2 Å². The van der Waals surface area contributed by atoms with Crippen molar-refractivity contribution in [3.8, 4) is 11.1 Å². The molecule has 12 nitrogen and oxygen atoms in total. The van der Waals surface area contributed by atoms with Gasteiger partial charge in [0, 0.05) is 55.5 Å². The maximum Gasteiger partial charge on any atom is 0.303 e. The topological polar surface area (TPSA) is 184 Å². The number of Topliss-reactive ketones (excluding diaryl/α,β-unsaturated/α-hetero) is 1. The Kier molecular flexibility index (Phi) is 15.0. The molecule has 0 saturated heterocycles. The highest BCUT2D eigenvalue weighted by Crippen LogP contribution is 2.41. The van der Waals surface area contributed by atoms with Crippen molar-refractivity contribution in [2.75, 3.05) is 26.2 Å². The van der Waals surface area contributed by atoms with Gasteiger partial charge in [0.1, 0.15) is 18.2 Å². The summed E-state index contributed by atoms with van der Waals surface area (Å²) in [5.41, 5.74) is 7.55. The van der Waals surface area contributed by atoms with Gasteiger partial charge in [-0.1, -0.05) is 51.1 Å². The molecule has 0 spiro atoms. The molecule has 0 aliphatic rings. The van der Waals surface area contributed by atoms with E-state index in [2.05, 4.69) is 10.6 Å². The highest BCUT2D eigenvalue weighted by atomic mass is 19.1. The van der Waals surface area contributed by atoms with Crippen molar-refractivity contribution in [3.63, 3.8) is 0 Å². The summed E-state index contributed by atoms with van der Waals surface area (Å²) >= 11 is 0. The normalized spacial score (nSPS) is 12.5. The summed E-state index contributed by atoms with van der Waals surface area (Å²) in [5.74, 6) is -4.29. The fraction of sp³-hybridized carbons (Fsp3) is 0.432. The number of carboxylic acid groups (broad SMARTS) is 1. The van der Waals surface area contributed by atoms with Gasteiger partial charge in [0.05, 0.1) is 25.0 Å². The Hall–Kier alpha value is -4.95. The van der Waals surface area contributed by atoms with E-state index in [9.17, 15) is 37.9 Å². The molecule has 276 valence electrons. The smallest absolute Gasteiger partial charge is 0.303 e. The van der Waals surface area contributed by atoms with E-state index < -0.39 is 59.4 Å². The van der Waals surface area contributed by atoms with Gasteiger partial charge in [-0.3, -0.25) is 24.0 Å². The van der Waals surface area contributed by atoms with Crippen LogP contribution in [0.4, 0.5) is 8.78 Å². The zero-order valence-corrected chi connectivity index (χ0v) is 29.2. The lowest BCUT2D eigenvalue weighted by Gasteiger charge is -2.41. The van der Waals surface area contributed by atoms with Gasteiger partial charge in [0.2, 0.25) is 17.7 Å². The van der Waals surface area contributed by atoms with Gasteiger partial charge in [0.15, 0.2) is 5.78 Å². The second kappa shape index (κ2) is 18.9. The number of aliphatic hydroxyl groups is 1. The Morgan fingerprint density at radius 2 is 1.67 bits per heavy atom. The number of halogens is 2. The average Bonchev–Trinajstić information content (AvgIpc) is 3.48. The number of carbonyl (C=O) groups is 5. The maximum atomic E-state index is 15.0. The molecule has 0 aliphatic heterocycles. The van der Waals surface area contributed by atoms with E-state index in [1.807, 2.05) is 55.7 Å². The summed E-state index contributed by atoms with van der Waals surface area (Å²) in [6, 6.07) is 12.7. The molecular weight excluding hydrogens is 664 g/mol. The zero-order chi connectivity index (χ0) is 37.7. The van der Waals surface area contributed by atoms with Gasteiger partial charge in [-0.2, -0.15) is 0 Å². The summed E-state index contributed by atoms with van der Waals surface area (Å²) in [6.07, 6.45) is 1.50. The fourth-order valence-electron chi connectivity index (χ4n) is 5.73. The monoisotopic (exact) mass is 711 g/mol. The van der Waals surface area contributed by atoms with Gasteiger partial charge in [0.25, 0.3) is 0 Å². The lowest BCUT2D eigenvalue weighted by molar-refractivity contribution is -0.140. The number of aliphatic carboxylic acids is 1. The first-order chi connectivity index (χ1) is 24.1. The van der Waals surface area contributed by atoms with Crippen LogP contribution in [0.25, 0.3) is 11.1 Å². The molecule has 3 aromatic rings. The fourth-order valence-corrected chi connectivity index (χ4v) is 5.73. The molecule has 0 unspecified atom stereocenters. The van der Waals surface area contributed by atoms with Crippen LogP contribution < -0.4 is 16.4 Å². The number of aromatic nitrogens is 1. The summed E-state index contributed by atoms with van der Waals surface area (Å²) in [5, 5.41) is 23.7. The number of hydrogen-bond acceptors (Lipinski definition) is 7. The number of nitrogens with two attached hydrogens (primary N) is 1. The molecule has 0 fully saturated rings. The minimum Gasteiger partial charge on any atom is -0.481 e. The van der Waals surface area contributed by atoms with E-state index >= 15 is 0 Å². The van der Waals surface area contributed by atoms with Crippen molar-refractivity contribution in [1.29, 1.82) is 0 Å². The molecule has 3 amide bonds. The summed E-state index contributed by atoms with van der Waals surface area (Å²) < 4.78 is 31.1. The van der Waals surface area contributed by atoms with Crippen molar-refractivity contribution in [1.82, 2.24) is 20.1 Å². The molecule has 51 heavy (non-hydrogen) atoms. The zero-order valence-electron chi connectivity index (χ0n) is 29.2. The van der Waals surface area contributed by atoms with Gasteiger partial charge < -0.3 is 36.0 Å². The number of amides is 3. The van der Waals surface area contributed by atoms with Crippen LogP contribution in [-0.4, -0.2) is 81.4 Å². The second-order valence-electron chi connectivity index (χ2n) is 13.4. The molecule has 2 aromatic carbocycles. The molecule has 14 heteroatoms. The van der Waals surface area contributed by atoms with Gasteiger partial charge in [-0.25, -0.2) is 8.78 Å². The predicted molar refractivity (Wildman–Crippen MR) is 186 cm³/mol. The highest BCUT2D eigenvalue weighted by molar-refractivity contribution is 5.87. The summed E-state index contributed by atoms with van der Waals surface area (Å²) in [4.78, 5) is 61.9. The minimum absolute atomic E-state index is 0.0177. The number of ketones is 1. The molecule has 0 saturated carbocycles. The van der Waals surface area contributed by atoms with Crippen molar-refractivity contribution in [2.24, 2.45) is 11.1 Å². The Bertz CT molecular complexity index is 1670. The Morgan fingerprint density at radius 1 is 0.961 bits per heavy atom. The lowest BCUT2D eigenvalue weighted by Crippen LogP contribution is -2.47. The van der Waals surface area contributed by atoms with Crippen molar-refractivity contribution in [3.05, 3.63) is 83.7 Å². The molecule has 0 radical (unpaired) electrons. The van der Waals surface area contributed by atoms with Crippen LogP contribution in [0.15, 0.2) is 60.8 Å². The van der Waals surface area contributed by atoms with E-state index in [4.69, 9.17) is 10.8 Å². The van der Waals surface area contributed by atoms with Gasteiger partial charge >= 0.3 is 5.97 Å². The minimum atomic E-state index is -1.12. The maximum absolute atomic E-state index is 15.0. The molecule has 3 rings (SSSR count). The van der Waals surface area contributed by atoms with Crippen LogP contribution in [-0.2, 0) is 30.5 Å². The second-order valence-corrected chi connectivity index (χ2v) is 13.4. The number of carboxylic acids is 1. The summed E-state index contributed by atoms with van der Waals surface area (Å²) in [7, 11) is 0. The Balaban J connectivity index is 1.75. The van der Waals surface area contributed by atoms with Crippen molar-refractivity contribution < 1.29 is 43.0 Å². The largest absolute Gasteiger partial charge is 0.481 e. The third-order valence-corrected chi connectivity index (χ3v) is 8.23. The van der Waals surface area contributed by atoms with Crippen LogP contribution in [0, 0.1) is 17.0 Å². The number of nitrogens with one attached hydrogen (secondary N) is 2. The van der Waals surface area contributed by atoms with Crippen LogP contribution in [0.5, 0.6) is 0 Å². The quantitative estimate of drug-likeness (QED) is 0.117. The summed E-state index contributed by atoms with van der Waals surface area (Å²) in [6.45, 7) is 5.13. The van der Waals surface area contributed by atoms with Crippen molar-refractivity contribution >= 4 is 29.5 Å². The Morgan fingerprint density at radius 3 is 2.31 bits per heavy atom. The van der Waals surface area contributed by atoms with E-state index in [1.54, 1.807) is 12.3 Å². The molecule has 2 atom stereocenters. The number of carbonyl (C=O) groups excluding carboxylic acids is 4. The van der Waals surface area contributed by atoms with E-state index in [-0.39, 0.29) is 63.1 Å². The first-order valence-corrected chi connectivity index (χ1v) is 16.7. The van der Waals surface area contributed by atoms with Crippen LogP contribution in [0.2, 0.25) is 0 Å². The first kappa shape index (κ1) is 40.5. The number of rotatable bonds is 19. The van der Waals surface area contributed by atoms with E-state index in [0.717, 1.165) is 23.8 Å². The van der Waals surface area contributed by atoms with Crippen LogP contribution in [0.3, 0.4) is 0 Å². The van der Waals surface area contributed by atoms with E-state index in [0.29, 0.717) is 17.8 Å². The molecular formula is C37H47F2N5O7.